The van der Waals surface area contributed by atoms with Crippen LogP contribution in [0.3, 0.4) is 0 Å². The predicted octanol–water partition coefficient (Wildman–Crippen LogP) is 5.78. The van der Waals surface area contributed by atoms with Crippen molar-refractivity contribution < 1.29 is 19.0 Å². The molecule has 1 aliphatic heterocycles. The molecule has 0 saturated heterocycles. The van der Waals surface area contributed by atoms with Crippen LogP contribution >= 0.6 is 0 Å². The highest BCUT2D eigenvalue weighted by atomic mass is 16.5. The molecule has 1 aromatic heterocycles. The number of rotatable bonds is 8. The van der Waals surface area contributed by atoms with Gasteiger partial charge in [0.05, 0.1) is 27.5 Å². The zero-order valence-corrected chi connectivity index (χ0v) is 21.8. The summed E-state index contributed by atoms with van der Waals surface area (Å²) >= 11 is 0. The number of carbonyl (C=O) groups excluding carboxylic acids is 1. The molecule has 3 aromatic carbocycles. The second-order valence-electron chi connectivity index (χ2n) is 8.82. The quantitative estimate of drug-likeness (QED) is 0.313. The molecule has 8 nitrogen and oxygen atoms in total. The Morgan fingerprint density at radius 1 is 0.947 bits per heavy atom. The van der Waals surface area contributed by atoms with Gasteiger partial charge in [-0.25, -0.2) is 4.68 Å². The van der Waals surface area contributed by atoms with E-state index < -0.39 is 0 Å². The number of hydrogen-bond donors (Lipinski definition) is 2. The van der Waals surface area contributed by atoms with Crippen LogP contribution in [0, 0.1) is 0 Å². The number of allylic oxidation sites excluding steroid dienone is 1. The van der Waals surface area contributed by atoms with E-state index in [1.54, 1.807) is 38.3 Å². The molecule has 0 saturated carbocycles. The maximum Gasteiger partial charge on any atom is 0.261 e. The van der Waals surface area contributed by atoms with E-state index in [4.69, 9.17) is 14.2 Å². The van der Waals surface area contributed by atoms with Gasteiger partial charge in [-0.2, -0.15) is 5.10 Å². The number of hydrogen-bond acceptors (Lipinski definition) is 6. The molecular formula is C30H30N4O4. The average Bonchev–Trinajstić information content (AvgIpc) is 3.41. The molecule has 8 heteroatoms. The summed E-state index contributed by atoms with van der Waals surface area (Å²) in [7, 11) is 4.80. The van der Waals surface area contributed by atoms with E-state index in [0.29, 0.717) is 34.3 Å². The van der Waals surface area contributed by atoms with E-state index in [1.165, 1.54) is 5.56 Å². The van der Waals surface area contributed by atoms with Crippen molar-refractivity contribution >= 4 is 23.1 Å². The lowest BCUT2D eigenvalue weighted by Gasteiger charge is -2.28. The van der Waals surface area contributed by atoms with Gasteiger partial charge in [-0.1, -0.05) is 49.4 Å². The van der Waals surface area contributed by atoms with Crippen molar-refractivity contribution in [2.24, 2.45) is 0 Å². The van der Waals surface area contributed by atoms with E-state index in [-0.39, 0.29) is 11.9 Å². The summed E-state index contributed by atoms with van der Waals surface area (Å²) in [6, 6.07) is 21.0. The van der Waals surface area contributed by atoms with E-state index in [1.807, 2.05) is 36.4 Å². The number of anilines is 2. The van der Waals surface area contributed by atoms with Gasteiger partial charge in [-0.3, -0.25) is 4.79 Å². The van der Waals surface area contributed by atoms with Crippen LogP contribution < -0.4 is 24.8 Å². The van der Waals surface area contributed by atoms with Crippen molar-refractivity contribution in [3.8, 4) is 17.2 Å². The molecule has 0 fully saturated rings. The lowest BCUT2D eigenvalue weighted by Crippen LogP contribution is -2.22. The Morgan fingerprint density at radius 3 is 2.29 bits per heavy atom. The van der Waals surface area contributed by atoms with Gasteiger partial charge in [0, 0.05) is 23.0 Å². The largest absolute Gasteiger partial charge is 0.496 e. The molecule has 4 aromatic rings. The summed E-state index contributed by atoms with van der Waals surface area (Å²) in [4.78, 5) is 13.3. The SMILES string of the molecule is CCc1ccc(C2=C[C@@H](c3cc(OC)c(OC)cc3OC)n3ncc(C(=O)Nc4ccccc4)c3N2)cc1. The van der Waals surface area contributed by atoms with Crippen LogP contribution in [0.1, 0.15) is 40.0 Å². The van der Waals surface area contributed by atoms with Gasteiger partial charge in [-0.15, -0.1) is 0 Å². The number of benzene rings is 3. The van der Waals surface area contributed by atoms with Crippen molar-refractivity contribution in [2.75, 3.05) is 32.0 Å². The molecule has 1 aliphatic rings. The Bertz CT molecular complexity index is 1480. The molecule has 0 spiro atoms. The van der Waals surface area contributed by atoms with Gasteiger partial charge in [-0.05, 0) is 41.8 Å². The molecule has 0 unspecified atom stereocenters. The van der Waals surface area contributed by atoms with Gasteiger partial charge in [0.1, 0.15) is 23.2 Å². The van der Waals surface area contributed by atoms with Crippen LogP contribution in [0.25, 0.3) is 5.70 Å². The van der Waals surface area contributed by atoms with Crippen molar-refractivity contribution in [1.82, 2.24) is 9.78 Å². The van der Waals surface area contributed by atoms with Gasteiger partial charge in [0.2, 0.25) is 0 Å². The first-order chi connectivity index (χ1) is 18.6. The average molecular weight is 511 g/mol. The molecule has 0 radical (unpaired) electrons. The van der Waals surface area contributed by atoms with Gasteiger partial charge in [0.15, 0.2) is 11.5 Å². The van der Waals surface area contributed by atoms with Gasteiger partial charge < -0.3 is 24.8 Å². The lowest BCUT2D eigenvalue weighted by atomic mass is 9.98. The summed E-state index contributed by atoms with van der Waals surface area (Å²) in [6.07, 6.45) is 4.61. The first kappa shape index (κ1) is 25.0. The summed E-state index contributed by atoms with van der Waals surface area (Å²) in [5.41, 5.74) is 5.04. The van der Waals surface area contributed by atoms with Crippen LogP contribution in [0.15, 0.2) is 79.0 Å². The summed E-state index contributed by atoms with van der Waals surface area (Å²) < 4.78 is 18.6. The first-order valence-corrected chi connectivity index (χ1v) is 12.4. The van der Waals surface area contributed by atoms with Crippen LogP contribution in [0.2, 0.25) is 0 Å². The number of aromatic nitrogens is 2. The number of carbonyl (C=O) groups is 1. The second-order valence-corrected chi connectivity index (χ2v) is 8.82. The highest BCUT2D eigenvalue weighted by Crippen LogP contribution is 2.43. The Labute approximate surface area is 221 Å². The topological polar surface area (TPSA) is 86.6 Å². The third-order valence-corrected chi connectivity index (χ3v) is 6.64. The molecule has 0 aliphatic carbocycles. The predicted molar refractivity (Wildman–Crippen MR) is 148 cm³/mol. The Balaban J connectivity index is 1.63. The van der Waals surface area contributed by atoms with Crippen LogP contribution in [-0.4, -0.2) is 37.0 Å². The maximum atomic E-state index is 13.3. The van der Waals surface area contributed by atoms with E-state index in [0.717, 1.165) is 23.2 Å². The smallest absolute Gasteiger partial charge is 0.261 e. The van der Waals surface area contributed by atoms with Crippen LogP contribution in [-0.2, 0) is 6.42 Å². The number of amides is 1. The molecule has 1 amide bonds. The van der Waals surface area contributed by atoms with E-state index in [2.05, 4.69) is 53.0 Å². The molecule has 38 heavy (non-hydrogen) atoms. The highest BCUT2D eigenvalue weighted by Gasteiger charge is 2.30. The van der Waals surface area contributed by atoms with Crippen LogP contribution in [0.4, 0.5) is 11.5 Å². The standard InChI is InChI=1S/C30H30N4O4/c1-5-19-11-13-20(14-12-19)24-16-25(22-15-27(37-3)28(38-4)17-26(22)36-2)34-29(33-24)23(18-31-34)30(35)32-21-9-7-6-8-10-21/h6-18,25,33H,5H2,1-4H3,(H,32,35)/t25-/m0/s1. The van der Waals surface area contributed by atoms with E-state index >= 15 is 0 Å². The van der Waals surface area contributed by atoms with Crippen molar-refractivity contribution in [2.45, 2.75) is 19.4 Å². The third-order valence-electron chi connectivity index (χ3n) is 6.64. The molecule has 1 atom stereocenters. The van der Waals surface area contributed by atoms with Gasteiger partial charge in [0.25, 0.3) is 5.91 Å². The molecule has 194 valence electrons. The number of fused-ring (bicyclic) bond motifs is 1. The minimum atomic E-state index is -0.389. The molecule has 2 heterocycles. The normalized spacial score (nSPS) is 14.1. The Morgan fingerprint density at radius 2 is 1.63 bits per heavy atom. The summed E-state index contributed by atoms with van der Waals surface area (Å²) in [6.45, 7) is 2.13. The maximum absolute atomic E-state index is 13.3. The number of methoxy groups -OCH3 is 3. The lowest BCUT2D eigenvalue weighted by molar-refractivity contribution is 0.102. The number of aryl methyl sites for hydroxylation is 1. The Hall–Kier alpha value is -4.72. The fraction of sp³-hybridized carbons (Fsp3) is 0.200. The van der Waals surface area contributed by atoms with E-state index in [9.17, 15) is 4.79 Å². The second kappa shape index (κ2) is 10.7. The van der Waals surface area contributed by atoms with Crippen LogP contribution in [0.5, 0.6) is 17.2 Å². The Kier molecular flexibility index (Phi) is 7.04. The minimum absolute atomic E-state index is 0.259. The zero-order valence-electron chi connectivity index (χ0n) is 21.8. The summed E-state index contributed by atoms with van der Waals surface area (Å²) in [5.74, 6) is 2.07. The molecule has 5 rings (SSSR count). The highest BCUT2D eigenvalue weighted by molar-refractivity contribution is 6.08. The number of ether oxygens (including phenoxy) is 3. The van der Waals surface area contributed by atoms with Crippen molar-refractivity contribution in [3.05, 3.63) is 101 Å². The third kappa shape index (κ3) is 4.68. The van der Waals surface area contributed by atoms with Crippen molar-refractivity contribution in [1.29, 1.82) is 0 Å². The summed E-state index contributed by atoms with van der Waals surface area (Å²) in [5, 5.41) is 11.0. The molecule has 2 N–H and O–H groups in total. The fourth-order valence-electron chi connectivity index (χ4n) is 4.58. The van der Waals surface area contributed by atoms with Gasteiger partial charge >= 0.3 is 0 Å². The number of nitrogens with zero attached hydrogens (tertiary/aromatic N) is 2. The number of para-hydroxylation sites is 1. The number of nitrogens with one attached hydrogen (secondary N) is 2. The first-order valence-electron chi connectivity index (χ1n) is 12.4. The molecule has 0 bridgehead atoms. The zero-order chi connectivity index (χ0) is 26.6. The molecular weight excluding hydrogens is 480 g/mol. The van der Waals surface area contributed by atoms with Crippen molar-refractivity contribution in [3.63, 3.8) is 0 Å². The fourth-order valence-corrected chi connectivity index (χ4v) is 4.58. The minimum Gasteiger partial charge on any atom is -0.496 e. The monoisotopic (exact) mass is 510 g/mol.